The third-order valence-electron chi connectivity index (χ3n) is 3.95. The van der Waals surface area contributed by atoms with Crippen LogP contribution in [0.1, 0.15) is 12.8 Å². The molecule has 0 N–H and O–H groups in total. The first-order valence-corrected chi connectivity index (χ1v) is 9.12. The van der Waals surface area contributed by atoms with Gasteiger partial charge >= 0.3 is 0 Å². The van der Waals surface area contributed by atoms with Crippen LogP contribution in [0.2, 0.25) is 0 Å². The second-order valence-corrected chi connectivity index (χ2v) is 6.89. The highest BCUT2D eigenvalue weighted by Crippen LogP contribution is 2.18. The Morgan fingerprint density at radius 2 is 1.96 bits per heavy atom. The van der Waals surface area contributed by atoms with E-state index < -0.39 is 0 Å². The Kier molecular flexibility index (Phi) is 5.68. The summed E-state index contributed by atoms with van der Waals surface area (Å²) >= 11 is 1.75. The summed E-state index contributed by atoms with van der Waals surface area (Å²) in [6, 6.07) is 1.81. The monoisotopic (exact) mass is 346 g/mol. The van der Waals surface area contributed by atoms with Crippen molar-refractivity contribution < 1.29 is 4.79 Å². The van der Waals surface area contributed by atoms with Crippen molar-refractivity contribution in [2.75, 3.05) is 36.8 Å². The maximum Gasteiger partial charge on any atom is 0.225 e. The molecule has 0 aliphatic carbocycles. The van der Waals surface area contributed by atoms with E-state index in [1.54, 1.807) is 28.8 Å². The highest BCUT2D eigenvalue weighted by atomic mass is 32.2. The van der Waals surface area contributed by atoms with E-state index in [9.17, 15) is 4.79 Å². The van der Waals surface area contributed by atoms with Gasteiger partial charge in [-0.1, -0.05) is 0 Å². The fraction of sp³-hybridized carbons (Fsp3) is 0.500. The van der Waals surface area contributed by atoms with Gasteiger partial charge in [-0.3, -0.25) is 9.48 Å². The van der Waals surface area contributed by atoms with E-state index in [1.807, 2.05) is 30.4 Å². The Morgan fingerprint density at radius 3 is 2.62 bits per heavy atom. The first kappa shape index (κ1) is 16.8. The van der Waals surface area contributed by atoms with Gasteiger partial charge in [0.1, 0.15) is 0 Å². The van der Waals surface area contributed by atoms with Crippen LogP contribution in [0.25, 0.3) is 0 Å². The normalized spacial score (nSPS) is 14.9. The Hall–Kier alpha value is -2.09. The number of anilines is 1. The van der Waals surface area contributed by atoms with Crippen molar-refractivity contribution in [3.8, 4) is 0 Å². The molecule has 0 radical (unpaired) electrons. The topological polar surface area (TPSA) is 67.2 Å². The third kappa shape index (κ3) is 4.47. The molecular weight excluding hydrogens is 324 g/mol. The first-order valence-electron chi connectivity index (χ1n) is 8.13. The summed E-state index contributed by atoms with van der Waals surface area (Å²) in [7, 11) is 1.91. The Balaban J connectivity index is 1.36. The number of piperazine rings is 1. The summed E-state index contributed by atoms with van der Waals surface area (Å²) in [5, 5.41) is 4.14. The van der Waals surface area contributed by atoms with E-state index in [4.69, 9.17) is 0 Å². The minimum atomic E-state index is 0.246. The van der Waals surface area contributed by atoms with E-state index in [0.29, 0.717) is 6.42 Å². The summed E-state index contributed by atoms with van der Waals surface area (Å²) < 4.78 is 1.80. The molecule has 7 nitrogen and oxygen atoms in total. The number of thioether (sulfide) groups is 1. The number of aryl methyl sites for hydroxylation is 1. The van der Waals surface area contributed by atoms with Crippen molar-refractivity contribution in [2.45, 2.75) is 17.7 Å². The van der Waals surface area contributed by atoms with E-state index in [-0.39, 0.29) is 5.91 Å². The fourth-order valence-corrected chi connectivity index (χ4v) is 3.53. The van der Waals surface area contributed by atoms with Crippen LogP contribution < -0.4 is 4.90 Å². The van der Waals surface area contributed by atoms with Gasteiger partial charge < -0.3 is 9.80 Å². The zero-order chi connectivity index (χ0) is 16.8. The van der Waals surface area contributed by atoms with Crippen LogP contribution in [0, 0.1) is 0 Å². The van der Waals surface area contributed by atoms with Crippen molar-refractivity contribution >= 4 is 23.6 Å². The second kappa shape index (κ2) is 8.14. The average molecular weight is 346 g/mol. The van der Waals surface area contributed by atoms with E-state index in [1.165, 1.54) is 0 Å². The van der Waals surface area contributed by atoms with Gasteiger partial charge in [0.15, 0.2) is 0 Å². The molecule has 2 aromatic rings. The third-order valence-corrected chi connectivity index (χ3v) is 4.99. The Bertz CT molecular complexity index is 654. The van der Waals surface area contributed by atoms with Crippen molar-refractivity contribution in [2.24, 2.45) is 7.05 Å². The number of carbonyl (C=O) groups excluding carboxylic acids is 1. The SMILES string of the molecule is Cn1cc(SCCCC(=O)N2CCN(c3ncccn3)CC2)cn1. The molecule has 0 atom stereocenters. The highest BCUT2D eigenvalue weighted by molar-refractivity contribution is 7.99. The van der Waals surface area contributed by atoms with E-state index in [2.05, 4.69) is 20.0 Å². The van der Waals surface area contributed by atoms with Crippen molar-refractivity contribution in [3.05, 3.63) is 30.9 Å². The van der Waals surface area contributed by atoms with Gasteiger partial charge in [0.2, 0.25) is 11.9 Å². The van der Waals surface area contributed by atoms with Crippen LogP contribution in [0.4, 0.5) is 5.95 Å². The standard InChI is InChI=1S/C16H22N6OS/c1-20-13-14(12-19-20)24-11-2-4-15(23)21-7-9-22(10-8-21)16-17-5-3-6-18-16/h3,5-6,12-13H,2,4,7-11H2,1H3. The molecule has 1 aliphatic heterocycles. The van der Waals surface area contributed by atoms with Crippen LogP contribution in [0.5, 0.6) is 0 Å². The molecule has 1 amide bonds. The predicted octanol–water partition coefficient (Wildman–Crippen LogP) is 1.43. The van der Waals surface area contributed by atoms with Crippen LogP contribution in [-0.2, 0) is 11.8 Å². The molecule has 24 heavy (non-hydrogen) atoms. The fourth-order valence-electron chi connectivity index (χ4n) is 2.66. The minimum Gasteiger partial charge on any atom is -0.339 e. The predicted molar refractivity (Wildman–Crippen MR) is 94.0 cm³/mol. The number of hydrogen-bond acceptors (Lipinski definition) is 6. The molecule has 1 saturated heterocycles. The van der Waals surface area contributed by atoms with Crippen LogP contribution >= 0.6 is 11.8 Å². The van der Waals surface area contributed by atoms with Gasteiger partial charge in [0.25, 0.3) is 0 Å². The molecule has 0 aromatic carbocycles. The summed E-state index contributed by atoms with van der Waals surface area (Å²) in [5.74, 6) is 1.93. The summed E-state index contributed by atoms with van der Waals surface area (Å²) in [6.45, 7) is 3.07. The summed E-state index contributed by atoms with van der Waals surface area (Å²) in [4.78, 5) is 26.1. The second-order valence-electron chi connectivity index (χ2n) is 5.72. The first-order chi connectivity index (χ1) is 11.7. The van der Waals surface area contributed by atoms with E-state index in [0.717, 1.165) is 49.2 Å². The number of nitrogens with zero attached hydrogens (tertiary/aromatic N) is 6. The molecule has 1 aliphatic rings. The minimum absolute atomic E-state index is 0.246. The Morgan fingerprint density at radius 1 is 1.21 bits per heavy atom. The molecule has 3 rings (SSSR count). The smallest absolute Gasteiger partial charge is 0.225 e. The van der Waals surface area contributed by atoms with Crippen LogP contribution in [0.15, 0.2) is 35.7 Å². The van der Waals surface area contributed by atoms with Crippen molar-refractivity contribution in [3.63, 3.8) is 0 Å². The van der Waals surface area contributed by atoms with E-state index >= 15 is 0 Å². The quantitative estimate of drug-likeness (QED) is 0.582. The maximum absolute atomic E-state index is 12.3. The zero-order valence-corrected chi connectivity index (χ0v) is 14.7. The summed E-state index contributed by atoms with van der Waals surface area (Å²) in [6.07, 6.45) is 8.85. The molecule has 8 heteroatoms. The van der Waals surface area contributed by atoms with Crippen molar-refractivity contribution in [1.82, 2.24) is 24.6 Å². The summed E-state index contributed by atoms with van der Waals surface area (Å²) in [5.41, 5.74) is 0. The highest BCUT2D eigenvalue weighted by Gasteiger charge is 2.21. The molecule has 3 heterocycles. The van der Waals surface area contributed by atoms with Gasteiger partial charge in [0.05, 0.1) is 6.20 Å². The number of hydrogen-bond donors (Lipinski definition) is 0. The Labute approximate surface area is 146 Å². The molecular formula is C16H22N6OS. The molecule has 128 valence electrons. The van der Waals surface area contributed by atoms with Gasteiger partial charge in [-0.25, -0.2) is 9.97 Å². The van der Waals surface area contributed by atoms with Gasteiger partial charge in [-0.2, -0.15) is 5.10 Å². The number of aromatic nitrogens is 4. The molecule has 0 saturated carbocycles. The zero-order valence-electron chi connectivity index (χ0n) is 13.8. The van der Waals surface area contributed by atoms with Gasteiger partial charge in [-0.05, 0) is 18.2 Å². The molecule has 0 bridgehead atoms. The lowest BCUT2D eigenvalue weighted by atomic mass is 10.2. The van der Waals surface area contributed by atoms with Gasteiger partial charge in [0, 0.05) is 63.1 Å². The lowest BCUT2D eigenvalue weighted by Gasteiger charge is -2.34. The largest absolute Gasteiger partial charge is 0.339 e. The molecule has 0 unspecified atom stereocenters. The molecule has 1 fully saturated rings. The molecule has 2 aromatic heterocycles. The van der Waals surface area contributed by atoms with Crippen LogP contribution in [0.3, 0.4) is 0 Å². The lowest BCUT2D eigenvalue weighted by molar-refractivity contribution is -0.131. The van der Waals surface area contributed by atoms with Crippen molar-refractivity contribution in [1.29, 1.82) is 0 Å². The number of carbonyl (C=O) groups is 1. The molecule has 0 spiro atoms. The lowest BCUT2D eigenvalue weighted by Crippen LogP contribution is -2.49. The maximum atomic E-state index is 12.3. The number of rotatable bonds is 6. The number of amides is 1. The van der Waals surface area contributed by atoms with Crippen LogP contribution in [-0.4, -0.2) is 62.5 Å². The van der Waals surface area contributed by atoms with Gasteiger partial charge in [-0.15, -0.1) is 11.8 Å². The average Bonchev–Trinajstić information content (AvgIpc) is 3.05.